The van der Waals surface area contributed by atoms with Crippen LogP contribution in [0.5, 0.6) is 0 Å². The second-order valence-corrected chi connectivity index (χ2v) is 6.95. The third kappa shape index (κ3) is 3.55. The Morgan fingerprint density at radius 3 is 2.58 bits per heavy atom. The second-order valence-electron chi connectivity index (χ2n) is 4.68. The van der Waals surface area contributed by atoms with Crippen LogP contribution in [0.3, 0.4) is 0 Å². The quantitative estimate of drug-likeness (QED) is 0.440. The lowest BCUT2D eigenvalue weighted by molar-refractivity contribution is -0.385. The third-order valence-electron chi connectivity index (χ3n) is 3.10. The number of nitro groups is 1. The largest absolute Gasteiger partial charge is 0.270 e. The summed E-state index contributed by atoms with van der Waals surface area (Å²) in [5.41, 5.74) is -0.237. The number of hydrogen-bond acceptors (Lipinski definition) is 4. The molecule has 0 aliphatic heterocycles. The van der Waals surface area contributed by atoms with Gasteiger partial charge < -0.3 is 0 Å². The highest BCUT2D eigenvalue weighted by atomic mass is 35.5. The number of nitro benzene ring substituents is 1. The zero-order chi connectivity index (χ0) is 17.9. The van der Waals surface area contributed by atoms with Crippen molar-refractivity contribution in [2.45, 2.75) is 4.90 Å². The summed E-state index contributed by atoms with van der Waals surface area (Å²) in [6, 6.07) is 8.10. The lowest BCUT2D eigenvalue weighted by Gasteiger charge is -2.23. The molecule has 0 spiro atoms. The molecule has 0 saturated carbocycles. The molecule has 126 valence electrons. The van der Waals surface area contributed by atoms with Crippen LogP contribution in [-0.2, 0) is 10.0 Å². The summed E-state index contributed by atoms with van der Waals surface area (Å²) in [5, 5.41) is 10.6. The van der Waals surface area contributed by atoms with E-state index in [1.807, 2.05) is 0 Å². The molecule has 0 saturated heterocycles. The van der Waals surface area contributed by atoms with Gasteiger partial charge in [0.15, 0.2) is 0 Å². The molecular formula is C15H12ClFN2O4S. The average Bonchev–Trinajstić information content (AvgIpc) is 2.55. The lowest BCUT2D eigenvalue weighted by atomic mass is 10.3. The average molecular weight is 371 g/mol. The standard InChI is InChI=1S/C15H12ClFN2O4S/c1-2-8-18(11-6-7-15(17)14(16)10-11)24(22,23)13-5-3-4-12(9-13)19(20)21/h2-7,9-10H,1,8H2. The Kier molecular flexibility index (Phi) is 5.20. The molecule has 0 heterocycles. The van der Waals surface area contributed by atoms with Crippen LogP contribution >= 0.6 is 11.6 Å². The summed E-state index contributed by atoms with van der Waals surface area (Å²) in [7, 11) is -4.13. The van der Waals surface area contributed by atoms with E-state index in [1.165, 1.54) is 30.3 Å². The Labute approximate surface area is 143 Å². The molecule has 0 aliphatic rings. The molecule has 0 aliphatic carbocycles. The van der Waals surface area contributed by atoms with E-state index >= 15 is 0 Å². The Balaban J connectivity index is 2.56. The molecule has 0 bridgehead atoms. The topological polar surface area (TPSA) is 80.5 Å². The molecule has 0 N–H and O–H groups in total. The summed E-state index contributed by atoms with van der Waals surface area (Å²) in [6.07, 6.45) is 1.34. The summed E-state index contributed by atoms with van der Waals surface area (Å²) < 4.78 is 39.9. The number of benzene rings is 2. The molecule has 9 heteroatoms. The monoisotopic (exact) mass is 370 g/mol. The van der Waals surface area contributed by atoms with Crippen molar-refractivity contribution >= 4 is 33.0 Å². The first kappa shape index (κ1) is 17.9. The smallest absolute Gasteiger partial charge is 0.262 e. The van der Waals surface area contributed by atoms with Gasteiger partial charge in [-0.05, 0) is 24.3 Å². The summed E-state index contributed by atoms with van der Waals surface area (Å²) >= 11 is 5.71. The van der Waals surface area contributed by atoms with Crippen molar-refractivity contribution in [3.63, 3.8) is 0 Å². The van der Waals surface area contributed by atoms with Gasteiger partial charge in [-0.15, -0.1) is 6.58 Å². The first-order chi connectivity index (χ1) is 11.3. The highest BCUT2D eigenvalue weighted by molar-refractivity contribution is 7.92. The fraction of sp³-hybridized carbons (Fsp3) is 0.0667. The fourth-order valence-electron chi connectivity index (χ4n) is 1.98. The highest BCUT2D eigenvalue weighted by Crippen LogP contribution is 2.28. The maximum atomic E-state index is 13.3. The van der Waals surface area contributed by atoms with Gasteiger partial charge in [-0.2, -0.15) is 0 Å². The van der Waals surface area contributed by atoms with E-state index in [1.54, 1.807) is 0 Å². The number of nitrogens with zero attached hydrogens (tertiary/aromatic N) is 2. The van der Waals surface area contributed by atoms with Crippen molar-refractivity contribution in [2.75, 3.05) is 10.8 Å². The van der Waals surface area contributed by atoms with Gasteiger partial charge in [-0.1, -0.05) is 23.7 Å². The van der Waals surface area contributed by atoms with Gasteiger partial charge in [-0.3, -0.25) is 14.4 Å². The summed E-state index contributed by atoms with van der Waals surface area (Å²) in [5.74, 6) is -0.688. The number of halogens is 2. The lowest BCUT2D eigenvalue weighted by Crippen LogP contribution is -2.31. The van der Waals surface area contributed by atoms with Gasteiger partial charge >= 0.3 is 0 Å². The molecule has 0 aromatic heterocycles. The van der Waals surface area contributed by atoms with Crippen molar-refractivity contribution in [2.24, 2.45) is 0 Å². The molecular weight excluding hydrogens is 359 g/mol. The minimum absolute atomic E-state index is 0.118. The zero-order valence-corrected chi connectivity index (χ0v) is 13.8. The Morgan fingerprint density at radius 1 is 1.29 bits per heavy atom. The molecule has 2 aromatic carbocycles. The van der Waals surface area contributed by atoms with Crippen molar-refractivity contribution in [1.29, 1.82) is 0 Å². The number of non-ortho nitro benzene ring substituents is 1. The molecule has 0 unspecified atom stereocenters. The molecule has 2 aromatic rings. The van der Waals surface area contributed by atoms with Crippen LogP contribution in [0, 0.1) is 15.9 Å². The van der Waals surface area contributed by atoms with Crippen LogP contribution in [-0.4, -0.2) is 19.9 Å². The Morgan fingerprint density at radius 2 is 2.00 bits per heavy atom. The van der Waals surface area contributed by atoms with Crippen LogP contribution in [0.4, 0.5) is 15.8 Å². The molecule has 6 nitrogen and oxygen atoms in total. The predicted molar refractivity (Wildman–Crippen MR) is 89.2 cm³/mol. The van der Waals surface area contributed by atoms with Crippen molar-refractivity contribution in [1.82, 2.24) is 0 Å². The minimum atomic E-state index is -4.13. The Bertz CT molecular complexity index is 902. The van der Waals surface area contributed by atoms with E-state index in [2.05, 4.69) is 6.58 Å². The van der Waals surface area contributed by atoms with Gasteiger partial charge in [-0.25, -0.2) is 12.8 Å². The van der Waals surface area contributed by atoms with Gasteiger partial charge in [0.05, 0.1) is 27.1 Å². The summed E-state index contributed by atoms with van der Waals surface area (Å²) in [4.78, 5) is 9.90. The van der Waals surface area contributed by atoms with Crippen LogP contribution in [0.1, 0.15) is 0 Å². The molecule has 0 atom stereocenters. The molecule has 24 heavy (non-hydrogen) atoms. The van der Waals surface area contributed by atoms with E-state index in [9.17, 15) is 22.9 Å². The number of sulfonamides is 1. The van der Waals surface area contributed by atoms with Gasteiger partial charge in [0.25, 0.3) is 15.7 Å². The SMILES string of the molecule is C=CCN(c1ccc(F)c(Cl)c1)S(=O)(=O)c1cccc([N+](=O)[O-])c1. The predicted octanol–water partition coefficient (Wildman–Crippen LogP) is 3.77. The van der Waals surface area contributed by atoms with Crippen LogP contribution in [0.25, 0.3) is 0 Å². The van der Waals surface area contributed by atoms with Crippen LogP contribution < -0.4 is 4.31 Å². The van der Waals surface area contributed by atoms with Gasteiger partial charge in [0.1, 0.15) is 5.82 Å². The second kappa shape index (κ2) is 6.98. The van der Waals surface area contributed by atoms with Crippen molar-refractivity contribution in [3.8, 4) is 0 Å². The van der Waals surface area contributed by atoms with Crippen LogP contribution in [0.15, 0.2) is 60.0 Å². The summed E-state index contributed by atoms with van der Waals surface area (Å²) in [6.45, 7) is 3.38. The normalized spacial score (nSPS) is 11.1. The van der Waals surface area contributed by atoms with Crippen molar-refractivity contribution < 1.29 is 17.7 Å². The number of hydrogen-bond donors (Lipinski definition) is 0. The van der Waals surface area contributed by atoms with E-state index in [0.717, 1.165) is 22.5 Å². The molecule has 0 radical (unpaired) electrons. The maximum Gasteiger partial charge on any atom is 0.270 e. The Hall–Kier alpha value is -2.45. The van der Waals surface area contributed by atoms with Crippen LogP contribution in [0.2, 0.25) is 5.02 Å². The fourth-order valence-corrected chi connectivity index (χ4v) is 3.63. The number of anilines is 1. The van der Waals surface area contributed by atoms with E-state index in [-0.39, 0.29) is 27.8 Å². The van der Waals surface area contributed by atoms with E-state index in [0.29, 0.717) is 0 Å². The van der Waals surface area contributed by atoms with E-state index < -0.39 is 20.8 Å². The minimum Gasteiger partial charge on any atom is -0.262 e. The van der Waals surface area contributed by atoms with Crippen molar-refractivity contribution in [3.05, 3.63) is 76.1 Å². The highest BCUT2D eigenvalue weighted by Gasteiger charge is 2.26. The number of rotatable bonds is 6. The van der Waals surface area contributed by atoms with Gasteiger partial charge in [0, 0.05) is 12.1 Å². The molecule has 0 fully saturated rings. The molecule has 2 rings (SSSR count). The third-order valence-corrected chi connectivity index (χ3v) is 5.18. The first-order valence-corrected chi connectivity index (χ1v) is 8.42. The maximum absolute atomic E-state index is 13.3. The van der Waals surface area contributed by atoms with E-state index in [4.69, 9.17) is 11.6 Å². The zero-order valence-electron chi connectivity index (χ0n) is 12.2. The molecule has 0 amide bonds. The first-order valence-electron chi connectivity index (χ1n) is 6.60. The van der Waals surface area contributed by atoms with Gasteiger partial charge in [0.2, 0.25) is 0 Å².